The van der Waals surface area contributed by atoms with Crippen molar-refractivity contribution in [2.45, 2.75) is 43.4 Å². The molecule has 2 saturated carbocycles. The maximum absolute atomic E-state index is 12.3. The van der Waals surface area contributed by atoms with Gasteiger partial charge in [-0.2, -0.15) is 5.26 Å². The summed E-state index contributed by atoms with van der Waals surface area (Å²) in [5.74, 6) is 0. The molecule has 0 amide bonds. The van der Waals surface area contributed by atoms with Crippen LogP contribution in [-0.2, 0) is 14.8 Å². The molecule has 1 aliphatic heterocycles. The number of fused-ring (bicyclic) bond motifs is 1. The summed E-state index contributed by atoms with van der Waals surface area (Å²) in [5, 5.41) is 10.9. The van der Waals surface area contributed by atoms with E-state index in [4.69, 9.17) is 4.74 Å². The summed E-state index contributed by atoms with van der Waals surface area (Å²) in [4.78, 5) is 2.34. The fourth-order valence-electron chi connectivity index (χ4n) is 5.06. The number of aromatic nitrogens is 1. The number of benzene rings is 2. The number of morpholine rings is 1. The first kappa shape index (κ1) is 21.5. The van der Waals surface area contributed by atoms with E-state index in [-0.39, 0.29) is 5.25 Å². The van der Waals surface area contributed by atoms with E-state index in [1.165, 1.54) is 6.42 Å². The Morgan fingerprint density at radius 3 is 2.35 bits per heavy atom. The Balaban J connectivity index is 1.43. The summed E-state index contributed by atoms with van der Waals surface area (Å²) < 4.78 is 35.2. The molecule has 0 atom stereocenters. The molecule has 0 bridgehead atoms. The van der Waals surface area contributed by atoms with Crippen LogP contribution in [-0.4, -0.2) is 44.5 Å². The van der Waals surface area contributed by atoms with Gasteiger partial charge >= 0.3 is 0 Å². The van der Waals surface area contributed by atoms with Crippen LogP contribution in [0.4, 0.5) is 11.4 Å². The Bertz CT molecular complexity index is 1370. The third-order valence-corrected chi connectivity index (χ3v) is 9.17. The van der Waals surface area contributed by atoms with Gasteiger partial charge in [0.2, 0.25) is 10.0 Å². The van der Waals surface area contributed by atoms with Crippen LogP contribution < -0.4 is 9.62 Å². The Hall–Kier alpha value is -3.02. The second kappa shape index (κ2) is 8.33. The maximum Gasteiger partial charge on any atom is 0.235 e. The number of ether oxygens (including phenoxy) is 1. The van der Waals surface area contributed by atoms with Crippen molar-refractivity contribution in [3.8, 4) is 17.3 Å². The number of hydrogen-bond donors (Lipinski definition) is 1. The summed E-state index contributed by atoms with van der Waals surface area (Å²) in [6.07, 6.45) is 4.85. The zero-order valence-electron chi connectivity index (χ0n) is 19.0. The van der Waals surface area contributed by atoms with Gasteiger partial charge in [-0.3, -0.25) is 4.72 Å². The van der Waals surface area contributed by atoms with Gasteiger partial charge in [-0.05, 0) is 68.0 Å². The molecule has 1 aromatic heterocycles. The molecule has 2 aromatic carbocycles. The molecule has 8 heteroatoms. The van der Waals surface area contributed by atoms with Gasteiger partial charge in [-0.1, -0.05) is 12.1 Å². The van der Waals surface area contributed by atoms with E-state index in [0.717, 1.165) is 79.8 Å². The Kier molecular flexibility index (Phi) is 5.27. The first-order chi connectivity index (χ1) is 16.5. The molecule has 176 valence electrons. The minimum atomic E-state index is -3.30. The van der Waals surface area contributed by atoms with Crippen molar-refractivity contribution in [3.05, 3.63) is 48.0 Å². The number of sulfonamides is 1. The van der Waals surface area contributed by atoms with Gasteiger partial charge in [0.15, 0.2) is 0 Å². The van der Waals surface area contributed by atoms with Crippen LogP contribution in [0, 0.1) is 11.3 Å². The van der Waals surface area contributed by atoms with Gasteiger partial charge in [0.1, 0.15) is 6.07 Å². The number of anilines is 2. The lowest BCUT2D eigenvalue weighted by atomic mass is 9.92. The zero-order chi connectivity index (χ0) is 23.3. The quantitative estimate of drug-likeness (QED) is 0.560. The van der Waals surface area contributed by atoms with E-state index in [1.807, 2.05) is 12.1 Å². The van der Waals surface area contributed by atoms with E-state index in [1.54, 1.807) is 12.1 Å². The number of nitriles is 1. The zero-order valence-corrected chi connectivity index (χ0v) is 19.9. The molecule has 3 fully saturated rings. The highest BCUT2D eigenvalue weighted by Gasteiger charge is 2.35. The van der Waals surface area contributed by atoms with E-state index in [9.17, 15) is 13.7 Å². The Morgan fingerprint density at radius 2 is 1.74 bits per heavy atom. The van der Waals surface area contributed by atoms with Crippen LogP contribution in [0.25, 0.3) is 22.2 Å². The fourth-order valence-corrected chi connectivity index (χ4v) is 6.45. The Morgan fingerprint density at radius 1 is 1.00 bits per heavy atom. The minimum absolute atomic E-state index is 0.265. The number of nitrogens with one attached hydrogen (secondary N) is 1. The molecule has 1 saturated heterocycles. The van der Waals surface area contributed by atoms with Crippen LogP contribution in [0.15, 0.2) is 42.5 Å². The summed E-state index contributed by atoms with van der Waals surface area (Å²) in [7, 11) is -3.30. The van der Waals surface area contributed by atoms with Gasteiger partial charge in [0.25, 0.3) is 0 Å². The molecule has 34 heavy (non-hydrogen) atoms. The summed E-state index contributed by atoms with van der Waals surface area (Å²) in [5.41, 5.74) is 5.37. The first-order valence-corrected chi connectivity index (χ1v) is 13.6. The SMILES string of the molecule is N#Cc1c(-c2ccc(NS(=O)(=O)C3CC3)cc2)n(C2CCC2)c2cc(N3CCOCC3)ccc12. The molecule has 0 spiro atoms. The predicted molar refractivity (Wildman–Crippen MR) is 134 cm³/mol. The van der Waals surface area contributed by atoms with Gasteiger partial charge < -0.3 is 14.2 Å². The summed E-state index contributed by atoms with van der Waals surface area (Å²) in [6, 6.07) is 16.7. The van der Waals surface area contributed by atoms with Crippen LogP contribution in [0.3, 0.4) is 0 Å². The van der Waals surface area contributed by atoms with Gasteiger partial charge in [-0.15, -0.1) is 0 Å². The topological polar surface area (TPSA) is 87.4 Å². The van der Waals surface area contributed by atoms with E-state index in [2.05, 4.69) is 38.5 Å². The second-order valence-corrected chi connectivity index (χ2v) is 11.5. The normalized spacial score (nSPS) is 19.1. The van der Waals surface area contributed by atoms with Crippen molar-refractivity contribution < 1.29 is 13.2 Å². The molecule has 1 N–H and O–H groups in total. The molecule has 0 unspecified atom stereocenters. The smallest absolute Gasteiger partial charge is 0.235 e. The lowest BCUT2D eigenvalue weighted by molar-refractivity contribution is 0.122. The lowest BCUT2D eigenvalue weighted by Gasteiger charge is -2.31. The van der Waals surface area contributed by atoms with Crippen molar-refractivity contribution in [1.82, 2.24) is 4.57 Å². The lowest BCUT2D eigenvalue weighted by Crippen LogP contribution is -2.36. The molecular weight excluding hydrogens is 448 g/mol. The fraction of sp³-hybridized carbons (Fsp3) is 0.423. The van der Waals surface area contributed by atoms with E-state index in [0.29, 0.717) is 17.3 Å². The van der Waals surface area contributed by atoms with Gasteiger partial charge in [0.05, 0.1) is 35.2 Å². The molecule has 6 rings (SSSR count). The minimum Gasteiger partial charge on any atom is -0.378 e. The number of nitrogens with zero attached hydrogens (tertiary/aromatic N) is 3. The number of rotatable bonds is 6. The van der Waals surface area contributed by atoms with Gasteiger partial charge in [0, 0.05) is 35.9 Å². The van der Waals surface area contributed by atoms with Crippen molar-refractivity contribution in [1.29, 1.82) is 5.26 Å². The number of hydrogen-bond acceptors (Lipinski definition) is 5. The average molecular weight is 477 g/mol. The van der Waals surface area contributed by atoms with Crippen molar-refractivity contribution in [3.63, 3.8) is 0 Å². The van der Waals surface area contributed by atoms with Crippen molar-refractivity contribution in [2.75, 3.05) is 35.9 Å². The van der Waals surface area contributed by atoms with Gasteiger partial charge in [-0.25, -0.2) is 8.42 Å². The third-order valence-electron chi connectivity index (χ3n) is 7.30. The molecule has 3 aromatic rings. The van der Waals surface area contributed by atoms with Crippen LogP contribution in [0.1, 0.15) is 43.7 Å². The highest BCUT2D eigenvalue weighted by molar-refractivity contribution is 7.93. The molecule has 3 aliphatic rings. The summed E-state index contributed by atoms with van der Waals surface area (Å²) in [6.45, 7) is 3.19. The largest absolute Gasteiger partial charge is 0.378 e. The monoisotopic (exact) mass is 476 g/mol. The van der Waals surface area contributed by atoms with Crippen LogP contribution >= 0.6 is 0 Å². The van der Waals surface area contributed by atoms with Crippen LogP contribution in [0.2, 0.25) is 0 Å². The maximum atomic E-state index is 12.3. The molecule has 2 heterocycles. The molecule has 2 aliphatic carbocycles. The standard InChI is InChI=1S/C26H28N4O3S/c27-17-24-23-11-8-21(29-12-14-33-15-13-29)16-25(23)30(20-2-1-3-20)26(24)18-4-6-19(7-5-18)28-34(31,32)22-9-10-22/h4-8,11,16,20,22,28H,1-3,9-10,12-15H2. The third kappa shape index (κ3) is 3.73. The second-order valence-electron chi connectivity index (χ2n) is 9.51. The van der Waals surface area contributed by atoms with E-state index >= 15 is 0 Å². The van der Waals surface area contributed by atoms with Crippen molar-refractivity contribution >= 4 is 32.3 Å². The molecule has 0 radical (unpaired) electrons. The predicted octanol–water partition coefficient (Wildman–Crippen LogP) is 4.65. The Labute approximate surface area is 200 Å². The first-order valence-electron chi connectivity index (χ1n) is 12.1. The van der Waals surface area contributed by atoms with E-state index < -0.39 is 10.0 Å². The van der Waals surface area contributed by atoms with Crippen molar-refractivity contribution in [2.24, 2.45) is 0 Å². The van der Waals surface area contributed by atoms with Crippen LogP contribution in [0.5, 0.6) is 0 Å². The average Bonchev–Trinajstić information content (AvgIpc) is 3.64. The summed E-state index contributed by atoms with van der Waals surface area (Å²) >= 11 is 0. The molecule has 7 nitrogen and oxygen atoms in total. The highest BCUT2D eigenvalue weighted by Crippen LogP contribution is 2.43. The highest BCUT2D eigenvalue weighted by atomic mass is 32.2. The molecular formula is C26H28N4O3S.